The first kappa shape index (κ1) is 18.6. The van der Waals surface area contributed by atoms with Crippen LogP contribution < -0.4 is 5.32 Å². The molecule has 0 aromatic heterocycles. The van der Waals surface area contributed by atoms with E-state index >= 15 is 0 Å². The smallest absolute Gasteiger partial charge is 0.293 e. The quantitative estimate of drug-likeness (QED) is 0.654. The van der Waals surface area contributed by atoms with Crippen molar-refractivity contribution < 1.29 is 14.5 Å². The number of nitro benzene ring substituents is 1. The lowest BCUT2D eigenvalue weighted by atomic mass is 9.96. The lowest BCUT2D eigenvalue weighted by Crippen LogP contribution is -2.40. The summed E-state index contributed by atoms with van der Waals surface area (Å²) >= 11 is 0. The average molecular weight is 361 g/mol. The van der Waals surface area contributed by atoms with Crippen molar-refractivity contribution >= 4 is 17.3 Å². The van der Waals surface area contributed by atoms with Gasteiger partial charge in [-0.2, -0.15) is 0 Å². The largest absolute Gasteiger partial charge is 0.378 e. The van der Waals surface area contributed by atoms with E-state index in [-0.39, 0.29) is 17.6 Å². The minimum atomic E-state index is -0.401. The number of hydrogen-bond acceptors (Lipinski definition) is 5. The number of morpholine rings is 1. The number of carbonyl (C=O) groups is 1. The van der Waals surface area contributed by atoms with Crippen molar-refractivity contribution in [3.63, 3.8) is 0 Å². The van der Waals surface area contributed by atoms with Gasteiger partial charge >= 0.3 is 0 Å². The molecule has 1 amide bonds. The Hall–Kier alpha value is -2.15. The summed E-state index contributed by atoms with van der Waals surface area (Å²) in [7, 11) is 0. The van der Waals surface area contributed by atoms with E-state index in [2.05, 4.69) is 5.32 Å². The molecule has 0 unspecified atom stereocenters. The van der Waals surface area contributed by atoms with Crippen molar-refractivity contribution in [1.82, 2.24) is 4.90 Å². The zero-order valence-electron chi connectivity index (χ0n) is 15.1. The zero-order valence-corrected chi connectivity index (χ0v) is 15.1. The number of benzene rings is 1. The topological polar surface area (TPSA) is 84.7 Å². The van der Waals surface area contributed by atoms with Crippen molar-refractivity contribution in [2.24, 2.45) is 0 Å². The van der Waals surface area contributed by atoms with Crippen molar-refractivity contribution in [3.8, 4) is 0 Å². The van der Waals surface area contributed by atoms with Gasteiger partial charge in [-0.3, -0.25) is 14.9 Å². The van der Waals surface area contributed by atoms with Crippen LogP contribution in [0.15, 0.2) is 18.2 Å². The van der Waals surface area contributed by atoms with Crippen LogP contribution in [-0.2, 0) is 4.74 Å². The number of nitrogens with zero attached hydrogens (tertiary/aromatic N) is 2. The standard InChI is InChI=1S/C19H27N3O4/c23-19(21-10-12-26-13-11-21)15-8-9-17(18(14-15)22(24)25)20-16-6-4-2-1-3-5-7-16/h8-9,14,16,20H,1-7,10-13H2. The van der Waals surface area contributed by atoms with Gasteiger partial charge in [-0.1, -0.05) is 32.1 Å². The van der Waals surface area contributed by atoms with Crippen molar-refractivity contribution in [1.29, 1.82) is 0 Å². The summed E-state index contributed by atoms with van der Waals surface area (Å²) in [6.45, 7) is 2.06. The molecule has 0 atom stereocenters. The number of nitro groups is 1. The third-order valence-corrected chi connectivity index (χ3v) is 5.20. The second kappa shape index (κ2) is 8.98. The molecular weight excluding hydrogens is 334 g/mol. The zero-order chi connectivity index (χ0) is 18.4. The molecule has 26 heavy (non-hydrogen) atoms. The Morgan fingerprint density at radius 3 is 2.42 bits per heavy atom. The molecule has 1 aliphatic carbocycles. The minimum absolute atomic E-state index is 0.0221. The van der Waals surface area contributed by atoms with Gasteiger partial charge in [0.25, 0.3) is 11.6 Å². The Morgan fingerprint density at radius 2 is 1.77 bits per heavy atom. The molecule has 3 rings (SSSR count). The van der Waals surface area contributed by atoms with Crippen LogP contribution in [0.2, 0.25) is 0 Å². The van der Waals surface area contributed by atoms with Crippen LogP contribution >= 0.6 is 0 Å². The second-order valence-corrected chi connectivity index (χ2v) is 7.08. The van der Waals surface area contributed by atoms with E-state index in [1.54, 1.807) is 17.0 Å². The number of hydrogen-bond donors (Lipinski definition) is 1. The van der Waals surface area contributed by atoms with Crippen LogP contribution in [0, 0.1) is 10.1 Å². The molecule has 2 fully saturated rings. The fourth-order valence-corrected chi connectivity index (χ4v) is 3.71. The van der Waals surface area contributed by atoms with Crippen LogP contribution in [0.3, 0.4) is 0 Å². The van der Waals surface area contributed by atoms with Crippen molar-refractivity contribution in [2.75, 3.05) is 31.6 Å². The molecule has 1 N–H and O–H groups in total. The predicted octanol–water partition coefficient (Wildman–Crippen LogP) is 3.59. The number of carbonyl (C=O) groups excluding carboxylic acids is 1. The average Bonchev–Trinajstić information content (AvgIpc) is 2.64. The highest BCUT2D eigenvalue weighted by atomic mass is 16.6. The first-order valence-electron chi connectivity index (χ1n) is 9.57. The normalized spacial score (nSPS) is 19.5. The van der Waals surface area contributed by atoms with Gasteiger partial charge in [0.2, 0.25) is 0 Å². The number of ether oxygens (including phenoxy) is 1. The van der Waals surface area contributed by atoms with E-state index in [9.17, 15) is 14.9 Å². The Balaban J connectivity index is 1.75. The molecule has 1 aromatic carbocycles. The Morgan fingerprint density at radius 1 is 1.12 bits per heavy atom. The first-order valence-corrected chi connectivity index (χ1v) is 9.57. The van der Waals surface area contributed by atoms with Gasteiger partial charge in [0.05, 0.1) is 18.1 Å². The Labute approximate surface area is 153 Å². The van der Waals surface area contributed by atoms with E-state index in [0.717, 1.165) is 25.7 Å². The lowest BCUT2D eigenvalue weighted by Gasteiger charge is -2.27. The van der Waals surface area contributed by atoms with Gasteiger partial charge in [0, 0.05) is 30.8 Å². The maximum absolute atomic E-state index is 12.6. The summed E-state index contributed by atoms with van der Waals surface area (Å²) in [4.78, 5) is 25.4. The molecule has 0 spiro atoms. The van der Waals surface area contributed by atoms with E-state index in [4.69, 9.17) is 4.74 Å². The third kappa shape index (κ3) is 4.72. The maximum atomic E-state index is 12.6. The Bertz CT molecular complexity index is 636. The number of anilines is 1. The van der Waals surface area contributed by atoms with E-state index in [1.807, 2.05) is 0 Å². The summed E-state index contributed by atoms with van der Waals surface area (Å²) in [6, 6.07) is 5.04. The third-order valence-electron chi connectivity index (χ3n) is 5.20. The fraction of sp³-hybridized carbons (Fsp3) is 0.632. The molecule has 1 saturated heterocycles. The summed E-state index contributed by atoms with van der Waals surface area (Å²) in [5.41, 5.74) is 0.854. The summed E-state index contributed by atoms with van der Waals surface area (Å²) < 4.78 is 5.26. The predicted molar refractivity (Wildman–Crippen MR) is 99.5 cm³/mol. The van der Waals surface area contributed by atoms with Gasteiger partial charge in [-0.25, -0.2) is 0 Å². The molecule has 1 aliphatic heterocycles. The van der Waals surface area contributed by atoms with E-state index < -0.39 is 4.92 Å². The van der Waals surface area contributed by atoms with E-state index in [1.165, 1.54) is 25.3 Å². The summed E-state index contributed by atoms with van der Waals surface area (Å²) in [5.74, 6) is -0.172. The summed E-state index contributed by atoms with van der Waals surface area (Å²) in [5, 5.41) is 14.9. The van der Waals surface area contributed by atoms with Gasteiger partial charge in [0.15, 0.2) is 0 Å². The van der Waals surface area contributed by atoms with Crippen LogP contribution in [0.1, 0.15) is 55.3 Å². The fourth-order valence-electron chi connectivity index (χ4n) is 3.71. The van der Waals surface area contributed by atoms with Gasteiger partial charge in [-0.15, -0.1) is 0 Å². The van der Waals surface area contributed by atoms with Crippen LogP contribution in [0.5, 0.6) is 0 Å². The van der Waals surface area contributed by atoms with Crippen molar-refractivity contribution in [3.05, 3.63) is 33.9 Å². The highest BCUT2D eigenvalue weighted by molar-refractivity contribution is 5.95. The molecule has 2 aliphatic rings. The van der Waals surface area contributed by atoms with Crippen molar-refractivity contribution in [2.45, 2.75) is 51.0 Å². The molecule has 0 bridgehead atoms. The number of nitrogens with one attached hydrogen (secondary N) is 1. The molecule has 7 nitrogen and oxygen atoms in total. The monoisotopic (exact) mass is 361 g/mol. The number of amides is 1. The minimum Gasteiger partial charge on any atom is -0.378 e. The SMILES string of the molecule is O=C(c1ccc(NC2CCCCCCC2)c([N+](=O)[O-])c1)N1CCOCC1. The van der Waals surface area contributed by atoms with E-state index in [0.29, 0.717) is 37.6 Å². The highest BCUT2D eigenvalue weighted by Gasteiger charge is 2.24. The van der Waals surface area contributed by atoms with Gasteiger partial charge in [-0.05, 0) is 25.0 Å². The highest BCUT2D eigenvalue weighted by Crippen LogP contribution is 2.29. The molecule has 0 radical (unpaired) electrons. The molecular formula is C19H27N3O4. The second-order valence-electron chi connectivity index (χ2n) is 7.08. The molecule has 1 saturated carbocycles. The lowest BCUT2D eigenvalue weighted by molar-refractivity contribution is -0.384. The molecule has 142 valence electrons. The number of rotatable bonds is 4. The molecule has 1 aromatic rings. The van der Waals surface area contributed by atoms with Crippen LogP contribution in [0.4, 0.5) is 11.4 Å². The molecule has 1 heterocycles. The molecule has 7 heteroatoms. The van der Waals surface area contributed by atoms with Crippen LogP contribution in [-0.4, -0.2) is 48.1 Å². The Kier molecular flexibility index (Phi) is 6.44. The van der Waals surface area contributed by atoms with Gasteiger partial charge in [0.1, 0.15) is 5.69 Å². The summed E-state index contributed by atoms with van der Waals surface area (Å²) in [6.07, 6.45) is 8.11. The van der Waals surface area contributed by atoms with Crippen LogP contribution in [0.25, 0.3) is 0 Å². The van der Waals surface area contributed by atoms with Gasteiger partial charge < -0.3 is 15.0 Å². The maximum Gasteiger partial charge on any atom is 0.293 e. The first-order chi connectivity index (χ1) is 12.6.